The van der Waals surface area contributed by atoms with Gasteiger partial charge in [0.25, 0.3) is 0 Å². The summed E-state index contributed by atoms with van der Waals surface area (Å²) < 4.78 is 50.7. The smallest absolute Gasteiger partial charge is 0.416 e. The number of hydrogen-bond acceptors (Lipinski definition) is 4. The van der Waals surface area contributed by atoms with Gasteiger partial charge in [-0.15, -0.1) is 11.8 Å². The molecule has 4 nitrogen and oxygen atoms in total. The first-order chi connectivity index (χ1) is 12.4. The quantitative estimate of drug-likeness (QED) is 0.799. The van der Waals surface area contributed by atoms with Crippen LogP contribution in [-0.4, -0.2) is 23.4 Å². The van der Waals surface area contributed by atoms with E-state index in [4.69, 9.17) is 9.47 Å². The zero-order chi connectivity index (χ0) is 18.3. The van der Waals surface area contributed by atoms with E-state index in [0.717, 1.165) is 11.6 Å². The van der Waals surface area contributed by atoms with Crippen molar-refractivity contribution in [2.45, 2.75) is 18.1 Å². The van der Waals surface area contributed by atoms with Gasteiger partial charge in [0, 0.05) is 6.54 Å². The van der Waals surface area contributed by atoms with Crippen LogP contribution < -0.4 is 9.47 Å². The number of benzene rings is 2. The molecule has 2 aliphatic rings. The monoisotopic (exact) mass is 381 g/mol. The Kier molecular flexibility index (Phi) is 4.22. The van der Waals surface area contributed by atoms with Crippen molar-refractivity contribution in [2.75, 3.05) is 12.5 Å². The number of nitrogens with zero attached hydrogens (tertiary/aromatic N) is 1. The van der Waals surface area contributed by atoms with Crippen molar-refractivity contribution in [2.24, 2.45) is 0 Å². The summed E-state index contributed by atoms with van der Waals surface area (Å²) in [5.74, 6) is 1.17. The molecule has 0 saturated carbocycles. The summed E-state index contributed by atoms with van der Waals surface area (Å²) in [6.45, 7) is 0.345. The summed E-state index contributed by atoms with van der Waals surface area (Å²) in [6.07, 6.45) is -4.47. The van der Waals surface area contributed by atoms with Gasteiger partial charge in [-0.1, -0.05) is 24.3 Å². The van der Waals surface area contributed by atoms with E-state index in [1.54, 1.807) is 24.3 Å². The second-order valence-corrected chi connectivity index (χ2v) is 7.03. The van der Waals surface area contributed by atoms with Gasteiger partial charge < -0.3 is 14.4 Å². The van der Waals surface area contributed by atoms with Gasteiger partial charge in [-0.25, -0.2) is 0 Å². The predicted molar refractivity (Wildman–Crippen MR) is 89.8 cm³/mol. The zero-order valence-electron chi connectivity index (χ0n) is 13.5. The molecule has 0 N–H and O–H groups in total. The van der Waals surface area contributed by atoms with Gasteiger partial charge in [-0.05, 0) is 29.3 Å². The van der Waals surface area contributed by atoms with Crippen LogP contribution in [0, 0.1) is 0 Å². The maximum absolute atomic E-state index is 13.4. The van der Waals surface area contributed by atoms with Gasteiger partial charge in [0.2, 0.25) is 12.7 Å². The van der Waals surface area contributed by atoms with Crippen LogP contribution in [0.15, 0.2) is 42.5 Å². The van der Waals surface area contributed by atoms with E-state index in [1.807, 2.05) is 0 Å². The number of halogens is 3. The molecule has 1 amide bonds. The molecule has 1 unspecified atom stereocenters. The molecular weight excluding hydrogens is 367 g/mol. The van der Waals surface area contributed by atoms with Crippen LogP contribution >= 0.6 is 11.8 Å². The molecule has 136 valence electrons. The largest absolute Gasteiger partial charge is 0.454 e. The number of carbonyl (C=O) groups is 1. The standard InChI is InChI=1S/C18H14F3NO3S/c19-18(20,21)13-4-2-1-3-12(13)17-22(16(23)9-26-17)8-11-5-6-14-15(7-11)25-10-24-14/h1-7,17H,8-10H2. The minimum Gasteiger partial charge on any atom is -0.454 e. The highest BCUT2D eigenvalue weighted by Gasteiger charge is 2.40. The fraction of sp³-hybridized carbons (Fsp3) is 0.278. The summed E-state index contributed by atoms with van der Waals surface area (Å²) in [6, 6.07) is 10.7. The molecule has 8 heteroatoms. The second kappa shape index (κ2) is 6.42. The van der Waals surface area contributed by atoms with Crippen molar-refractivity contribution >= 4 is 17.7 Å². The zero-order valence-corrected chi connectivity index (χ0v) is 14.3. The minimum absolute atomic E-state index is 0.108. The molecular formula is C18H14F3NO3S. The lowest BCUT2D eigenvalue weighted by Gasteiger charge is -2.26. The molecule has 0 bridgehead atoms. The lowest BCUT2D eigenvalue weighted by Crippen LogP contribution is -2.28. The van der Waals surface area contributed by atoms with E-state index in [0.29, 0.717) is 11.5 Å². The Morgan fingerprint density at radius 1 is 1.12 bits per heavy atom. The van der Waals surface area contributed by atoms with Crippen LogP contribution in [0.4, 0.5) is 13.2 Å². The first kappa shape index (κ1) is 17.1. The van der Waals surface area contributed by atoms with E-state index in [1.165, 1.54) is 28.8 Å². The number of ether oxygens (including phenoxy) is 2. The van der Waals surface area contributed by atoms with Gasteiger partial charge in [-0.3, -0.25) is 4.79 Å². The molecule has 0 spiro atoms. The summed E-state index contributed by atoms with van der Waals surface area (Å²) in [5, 5.41) is -0.675. The Bertz CT molecular complexity index is 856. The van der Waals surface area contributed by atoms with Crippen molar-refractivity contribution in [3.63, 3.8) is 0 Å². The third kappa shape index (κ3) is 3.09. The molecule has 0 aromatic heterocycles. The number of fused-ring (bicyclic) bond motifs is 1. The van der Waals surface area contributed by atoms with E-state index >= 15 is 0 Å². The third-order valence-electron chi connectivity index (χ3n) is 4.29. The number of hydrogen-bond donors (Lipinski definition) is 0. The van der Waals surface area contributed by atoms with E-state index in [2.05, 4.69) is 0 Å². The van der Waals surface area contributed by atoms with Gasteiger partial charge >= 0.3 is 6.18 Å². The van der Waals surface area contributed by atoms with Gasteiger partial charge in [-0.2, -0.15) is 13.2 Å². The van der Waals surface area contributed by atoms with Crippen LogP contribution in [0.2, 0.25) is 0 Å². The normalized spacial score (nSPS) is 19.3. The molecule has 26 heavy (non-hydrogen) atoms. The first-order valence-electron chi connectivity index (χ1n) is 7.89. The molecule has 1 atom stereocenters. The van der Waals surface area contributed by atoms with Crippen LogP contribution in [0.5, 0.6) is 11.5 Å². The Labute approximate surface area is 151 Å². The highest BCUT2D eigenvalue weighted by molar-refractivity contribution is 8.00. The highest BCUT2D eigenvalue weighted by atomic mass is 32.2. The van der Waals surface area contributed by atoms with Crippen molar-refractivity contribution < 1.29 is 27.4 Å². The van der Waals surface area contributed by atoms with Gasteiger partial charge in [0.1, 0.15) is 5.37 Å². The number of rotatable bonds is 3. The number of carbonyl (C=O) groups excluding carboxylic acids is 1. The number of amides is 1. The molecule has 0 aliphatic carbocycles. The van der Waals surface area contributed by atoms with Crippen LogP contribution in [0.3, 0.4) is 0 Å². The van der Waals surface area contributed by atoms with Crippen molar-refractivity contribution in [3.05, 3.63) is 59.2 Å². The Balaban J connectivity index is 1.65. The van der Waals surface area contributed by atoms with Gasteiger partial charge in [0.15, 0.2) is 11.5 Å². The fourth-order valence-corrected chi connectivity index (χ4v) is 4.31. The summed E-state index contributed by atoms with van der Waals surface area (Å²) in [7, 11) is 0. The minimum atomic E-state index is -4.47. The number of thioether (sulfide) groups is 1. The molecule has 4 rings (SSSR count). The average molecular weight is 381 g/mol. The van der Waals surface area contributed by atoms with E-state index in [9.17, 15) is 18.0 Å². The molecule has 0 radical (unpaired) electrons. The van der Waals surface area contributed by atoms with Crippen molar-refractivity contribution in [3.8, 4) is 11.5 Å². The SMILES string of the molecule is O=C1CSC(c2ccccc2C(F)(F)F)N1Cc1ccc2c(c1)OCO2. The molecule has 2 heterocycles. The predicted octanol–water partition coefficient (Wildman–Crippen LogP) is 4.21. The maximum atomic E-state index is 13.4. The lowest BCUT2D eigenvalue weighted by molar-refractivity contribution is -0.139. The molecule has 2 aromatic rings. The number of alkyl halides is 3. The fourth-order valence-electron chi connectivity index (χ4n) is 3.09. The molecule has 1 fully saturated rings. The molecule has 1 saturated heterocycles. The highest BCUT2D eigenvalue weighted by Crippen LogP contribution is 2.45. The van der Waals surface area contributed by atoms with Crippen LogP contribution in [0.25, 0.3) is 0 Å². The van der Waals surface area contributed by atoms with Crippen molar-refractivity contribution in [1.29, 1.82) is 0 Å². The Morgan fingerprint density at radius 2 is 1.88 bits per heavy atom. The Morgan fingerprint density at radius 3 is 2.69 bits per heavy atom. The second-order valence-electron chi connectivity index (χ2n) is 5.96. The van der Waals surface area contributed by atoms with E-state index < -0.39 is 17.1 Å². The molecule has 2 aliphatic heterocycles. The molecule has 2 aromatic carbocycles. The summed E-state index contributed by atoms with van der Waals surface area (Å²) >= 11 is 1.21. The first-order valence-corrected chi connectivity index (χ1v) is 8.94. The average Bonchev–Trinajstić information content (AvgIpc) is 3.21. The topological polar surface area (TPSA) is 38.8 Å². The van der Waals surface area contributed by atoms with Crippen molar-refractivity contribution in [1.82, 2.24) is 4.90 Å². The summed E-state index contributed by atoms with van der Waals surface area (Å²) in [5.41, 5.74) is 0.180. The maximum Gasteiger partial charge on any atom is 0.416 e. The lowest BCUT2D eigenvalue weighted by atomic mass is 10.1. The van der Waals surface area contributed by atoms with Crippen LogP contribution in [0.1, 0.15) is 22.1 Å². The summed E-state index contributed by atoms with van der Waals surface area (Å²) in [4.78, 5) is 13.8. The van der Waals surface area contributed by atoms with E-state index in [-0.39, 0.29) is 30.6 Å². The van der Waals surface area contributed by atoms with Crippen LogP contribution in [-0.2, 0) is 17.5 Å². The third-order valence-corrected chi connectivity index (χ3v) is 5.53. The Hall–Kier alpha value is -2.35. The van der Waals surface area contributed by atoms with Gasteiger partial charge in [0.05, 0.1) is 11.3 Å².